The number of halogens is 1. The molecule has 0 saturated carbocycles. The third kappa shape index (κ3) is 6.49. The van der Waals surface area contributed by atoms with Crippen molar-refractivity contribution in [3.8, 4) is 5.75 Å². The van der Waals surface area contributed by atoms with Gasteiger partial charge in [-0.3, -0.25) is 10.1 Å². The van der Waals surface area contributed by atoms with Crippen molar-refractivity contribution >= 4 is 23.6 Å². The molecular formula is C23H23FN4O4. The number of esters is 1. The molecule has 2 aromatic carbocycles. The van der Waals surface area contributed by atoms with Crippen molar-refractivity contribution in [1.82, 2.24) is 9.97 Å². The Bertz CT molecular complexity index is 1090. The van der Waals surface area contributed by atoms with Gasteiger partial charge in [-0.15, -0.1) is 0 Å². The highest BCUT2D eigenvalue weighted by atomic mass is 19.1. The number of nitrogens with one attached hydrogen (secondary N) is 1. The Morgan fingerprint density at radius 3 is 2.31 bits per heavy atom. The minimum atomic E-state index is -0.609. The van der Waals surface area contributed by atoms with E-state index in [2.05, 4.69) is 15.3 Å². The smallest absolute Gasteiger partial charge is 0.411 e. The zero-order valence-electron chi connectivity index (χ0n) is 18.0. The van der Waals surface area contributed by atoms with Gasteiger partial charge in [0.2, 0.25) is 0 Å². The number of ether oxygens (including phenoxy) is 2. The summed E-state index contributed by atoms with van der Waals surface area (Å²) in [6.45, 7) is 1.36. The van der Waals surface area contributed by atoms with Gasteiger partial charge in [-0.2, -0.15) is 0 Å². The summed E-state index contributed by atoms with van der Waals surface area (Å²) in [6.07, 6.45) is 1.32. The highest BCUT2D eigenvalue weighted by molar-refractivity contribution is 5.84. The van der Waals surface area contributed by atoms with Crippen LogP contribution in [0.1, 0.15) is 23.9 Å². The van der Waals surface area contributed by atoms with Crippen molar-refractivity contribution in [2.24, 2.45) is 0 Å². The third-order valence-electron chi connectivity index (χ3n) is 4.31. The molecule has 0 radical (unpaired) electrons. The molecule has 0 bridgehead atoms. The molecule has 0 unspecified atom stereocenters. The van der Waals surface area contributed by atoms with Crippen LogP contribution >= 0.6 is 0 Å². The predicted molar refractivity (Wildman–Crippen MR) is 117 cm³/mol. The van der Waals surface area contributed by atoms with Crippen LogP contribution in [0.25, 0.3) is 0 Å². The van der Waals surface area contributed by atoms with Crippen LogP contribution in [0.4, 0.5) is 20.7 Å². The van der Waals surface area contributed by atoms with Crippen LogP contribution in [-0.2, 0) is 22.6 Å². The molecule has 3 rings (SSSR count). The minimum Gasteiger partial charge on any atom is -0.444 e. The van der Waals surface area contributed by atoms with Gasteiger partial charge in [-0.25, -0.2) is 19.2 Å². The van der Waals surface area contributed by atoms with E-state index in [1.807, 2.05) is 12.1 Å². The molecular weight excluding hydrogens is 415 g/mol. The number of hydrogen-bond donors (Lipinski definition) is 1. The molecule has 0 fully saturated rings. The lowest BCUT2D eigenvalue weighted by Crippen LogP contribution is -2.16. The van der Waals surface area contributed by atoms with Crippen LogP contribution < -0.4 is 15.0 Å². The summed E-state index contributed by atoms with van der Waals surface area (Å²) in [5, 5.41) is 2.64. The van der Waals surface area contributed by atoms with Gasteiger partial charge >= 0.3 is 12.1 Å². The Morgan fingerprint density at radius 1 is 1.03 bits per heavy atom. The van der Waals surface area contributed by atoms with Crippen molar-refractivity contribution in [2.75, 3.05) is 24.3 Å². The topological polar surface area (TPSA) is 93.6 Å². The van der Waals surface area contributed by atoms with E-state index in [1.54, 1.807) is 43.3 Å². The van der Waals surface area contributed by atoms with Crippen molar-refractivity contribution in [3.05, 3.63) is 77.5 Å². The Balaban J connectivity index is 1.58. The fourth-order valence-electron chi connectivity index (χ4n) is 2.80. The van der Waals surface area contributed by atoms with Crippen molar-refractivity contribution in [1.29, 1.82) is 0 Å². The van der Waals surface area contributed by atoms with Crippen molar-refractivity contribution < 1.29 is 23.5 Å². The first-order chi connectivity index (χ1) is 15.3. The third-order valence-corrected chi connectivity index (χ3v) is 4.31. The first-order valence-electron chi connectivity index (χ1n) is 9.79. The van der Waals surface area contributed by atoms with Gasteiger partial charge < -0.3 is 14.4 Å². The maximum atomic E-state index is 12.9. The lowest BCUT2D eigenvalue weighted by atomic mass is 10.1. The number of carbonyl (C=O) groups is 2. The van der Waals surface area contributed by atoms with E-state index in [0.29, 0.717) is 35.1 Å². The van der Waals surface area contributed by atoms with Crippen LogP contribution in [0.2, 0.25) is 0 Å². The molecule has 1 heterocycles. The van der Waals surface area contributed by atoms with Gasteiger partial charge in [0.25, 0.3) is 0 Å². The lowest BCUT2D eigenvalue weighted by molar-refractivity contribution is -0.131. The van der Waals surface area contributed by atoms with E-state index in [9.17, 15) is 14.0 Å². The normalized spacial score (nSPS) is 10.4. The molecule has 32 heavy (non-hydrogen) atoms. The molecule has 8 nitrogen and oxygen atoms in total. The molecule has 0 aliphatic carbocycles. The average molecular weight is 438 g/mol. The van der Waals surface area contributed by atoms with Gasteiger partial charge in [0.05, 0.1) is 6.20 Å². The number of hydrogen-bond acceptors (Lipinski definition) is 7. The fourth-order valence-corrected chi connectivity index (χ4v) is 2.80. The highest BCUT2D eigenvalue weighted by Crippen LogP contribution is 2.24. The summed E-state index contributed by atoms with van der Waals surface area (Å²) in [7, 11) is 3.60. The summed E-state index contributed by atoms with van der Waals surface area (Å²) < 4.78 is 23.2. The summed E-state index contributed by atoms with van der Waals surface area (Å²) >= 11 is 0. The monoisotopic (exact) mass is 438 g/mol. The Labute approximate surface area is 185 Å². The van der Waals surface area contributed by atoms with E-state index in [1.165, 1.54) is 25.3 Å². The molecule has 166 valence electrons. The minimum absolute atomic E-state index is 0.0408. The van der Waals surface area contributed by atoms with E-state index in [0.717, 1.165) is 5.56 Å². The summed E-state index contributed by atoms with van der Waals surface area (Å²) in [4.78, 5) is 33.7. The molecule has 0 aliphatic heterocycles. The second-order valence-electron chi connectivity index (χ2n) is 7.16. The number of rotatable bonds is 7. The zero-order chi connectivity index (χ0) is 23.1. The number of anilines is 2. The van der Waals surface area contributed by atoms with Crippen LogP contribution in [0, 0.1) is 5.82 Å². The van der Waals surface area contributed by atoms with E-state index in [-0.39, 0.29) is 12.4 Å². The quantitative estimate of drug-likeness (QED) is 0.558. The van der Waals surface area contributed by atoms with Crippen molar-refractivity contribution in [2.45, 2.75) is 20.0 Å². The summed E-state index contributed by atoms with van der Waals surface area (Å²) in [6, 6.07) is 12.9. The van der Waals surface area contributed by atoms with Gasteiger partial charge in [-0.1, -0.05) is 24.3 Å². The average Bonchev–Trinajstić information content (AvgIpc) is 2.75. The van der Waals surface area contributed by atoms with Crippen LogP contribution in [0.15, 0.2) is 54.7 Å². The molecule has 0 saturated heterocycles. The Morgan fingerprint density at radius 2 is 1.69 bits per heavy atom. The van der Waals surface area contributed by atoms with E-state index < -0.39 is 12.1 Å². The first-order valence-corrected chi connectivity index (χ1v) is 9.79. The lowest BCUT2D eigenvalue weighted by Gasteiger charge is -2.16. The molecule has 0 aliphatic rings. The summed E-state index contributed by atoms with van der Waals surface area (Å²) in [5.74, 6) is 0.576. The molecule has 1 aromatic heterocycles. The Hall–Kier alpha value is -4.01. The van der Waals surface area contributed by atoms with Gasteiger partial charge in [-0.05, 0) is 35.4 Å². The molecule has 0 spiro atoms. The van der Waals surface area contributed by atoms with Crippen LogP contribution in [0.3, 0.4) is 0 Å². The largest absolute Gasteiger partial charge is 0.444 e. The number of aromatic nitrogens is 2. The van der Waals surface area contributed by atoms with Gasteiger partial charge in [0, 0.05) is 33.1 Å². The number of carbonyl (C=O) groups excluding carboxylic acids is 2. The Kier molecular flexibility index (Phi) is 7.33. The predicted octanol–water partition coefficient (Wildman–Crippen LogP) is 3.95. The van der Waals surface area contributed by atoms with Crippen LogP contribution in [-0.4, -0.2) is 36.1 Å². The molecule has 3 aromatic rings. The summed E-state index contributed by atoms with van der Waals surface area (Å²) in [5.41, 5.74) is 2.19. The molecule has 1 N–H and O–H groups in total. The maximum Gasteiger partial charge on any atom is 0.411 e. The molecule has 0 atom stereocenters. The van der Waals surface area contributed by atoms with Crippen molar-refractivity contribution in [3.63, 3.8) is 0 Å². The molecule has 9 heteroatoms. The zero-order valence-corrected chi connectivity index (χ0v) is 18.0. The standard InChI is InChI=1S/C23H23FN4O4/c1-15(29)32-20-13-25-21(27-22(20)28(2)3)12-16-6-10-19(11-7-16)26-23(30)31-14-17-4-8-18(24)9-5-17/h4-11,13H,12,14H2,1-3H3,(H,26,30). The first kappa shape index (κ1) is 22.7. The van der Waals surface area contributed by atoms with E-state index in [4.69, 9.17) is 9.47 Å². The SMILES string of the molecule is CC(=O)Oc1cnc(Cc2ccc(NC(=O)OCc3ccc(F)cc3)cc2)nc1N(C)C. The highest BCUT2D eigenvalue weighted by Gasteiger charge is 2.13. The van der Waals surface area contributed by atoms with Crippen LogP contribution in [0.5, 0.6) is 5.75 Å². The maximum absolute atomic E-state index is 12.9. The second kappa shape index (κ2) is 10.3. The van der Waals surface area contributed by atoms with Gasteiger partial charge in [0.1, 0.15) is 18.2 Å². The number of nitrogens with zero attached hydrogens (tertiary/aromatic N) is 3. The molecule has 1 amide bonds. The number of amides is 1. The van der Waals surface area contributed by atoms with E-state index >= 15 is 0 Å². The van der Waals surface area contributed by atoms with Gasteiger partial charge in [0.15, 0.2) is 11.6 Å². The second-order valence-corrected chi connectivity index (χ2v) is 7.16. The number of benzene rings is 2. The fraction of sp³-hybridized carbons (Fsp3) is 0.217.